The second-order valence-corrected chi connectivity index (χ2v) is 5.71. The number of esters is 1. The SMILES string of the molecule is COC(=O)CC/C(C)=C/B1OC(C)(C)C(C)(C)O1. The molecule has 1 rings (SSSR count). The van der Waals surface area contributed by atoms with Crippen LogP contribution in [0.15, 0.2) is 11.5 Å². The topological polar surface area (TPSA) is 44.8 Å². The van der Waals surface area contributed by atoms with Gasteiger partial charge in [-0.05, 0) is 41.0 Å². The highest BCUT2D eigenvalue weighted by molar-refractivity contribution is 6.51. The number of carbonyl (C=O) groups is 1. The normalized spacial score (nSPS) is 22.1. The lowest BCUT2D eigenvalue weighted by Crippen LogP contribution is -2.41. The summed E-state index contributed by atoms with van der Waals surface area (Å²) < 4.78 is 16.3. The summed E-state index contributed by atoms with van der Waals surface area (Å²) in [5, 5.41) is 0. The van der Waals surface area contributed by atoms with Gasteiger partial charge in [0.25, 0.3) is 0 Å². The van der Waals surface area contributed by atoms with E-state index in [4.69, 9.17) is 9.31 Å². The van der Waals surface area contributed by atoms with Gasteiger partial charge in [0, 0.05) is 6.42 Å². The number of hydrogen-bond donors (Lipinski definition) is 0. The maximum atomic E-state index is 11.0. The predicted octanol–water partition coefficient (Wildman–Crippen LogP) is 2.52. The molecule has 0 radical (unpaired) electrons. The molecule has 0 saturated carbocycles. The molecule has 0 unspecified atom stereocenters. The maximum Gasteiger partial charge on any atom is 0.487 e. The Morgan fingerprint density at radius 3 is 2.11 bits per heavy atom. The number of ether oxygens (including phenoxy) is 1. The summed E-state index contributed by atoms with van der Waals surface area (Å²) in [6.07, 6.45) is 1.05. The highest BCUT2D eigenvalue weighted by Crippen LogP contribution is 2.37. The van der Waals surface area contributed by atoms with Gasteiger partial charge in [-0.2, -0.15) is 0 Å². The Morgan fingerprint density at radius 2 is 1.67 bits per heavy atom. The first-order valence-corrected chi connectivity index (χ1v) is 6.28. The summed E-state index contributed by atoms with van der Waals surface area (Å²) in [5.41, 5.74) is 0.423. The smallest absolute Gasteiger partial charge is 0.469 e. The third-order valence-corrected chi connectivity index (χ3v) is 3.64. The fourth-order valence-electron chi connectivity index (χ4n) is 1.67. The molecule has 18 heavy (non-hydrogen) atoms. The van der Waals surface area contributed by atoms with Gasteiger partial charge >= 0.3 is 13.1 Å². The molecule has 4 nitrogen and oxygen atoms in total. The van der Waals surface area contributed by atoms with E-state index in [0.29, 0.717) is 12.8 Å². The molecule has 0 amide bonds. The zero-order chi connectivity index (χ0) is 14.0. The van der Waals surface area contributed by atoms with Crippen molar-refractivity contribution >= 4 is 13.1 Å². The first-order chi connectivity index (χ1) is 8.18. The molecule has 1 saturated heterocycles. The van der Waals surface area contributed by atoms with Crippen molar-refractivity contribution < 1.29 is 18.8 Å². The molecule has 1 aliphatic rings. The first kappa shape index (κ1) is 15.3. The van der Waals surface area contributed by atoms with Crippen molar-refractivity contribution in [3.63, 3.8) is 0 Å². The van der Waals surface area contributed by atoms with Crippen LogP contribution >= 0.6 is 0 Å². The average molecular weight is 254 g/mol. The van der Waals surface area contributed by atoms with Gasteiger partial charge in [0.05, 0.1) is 18.3 Å². The molecule has 0 aromatic carbocycles. The molecule has 0 aromatic heterocycles. The van der Waals surface area contributed by atoms with Crippen LogP contribution in [0.3, 0.4) is 0 Å². The summed E-state index contributed by atoms with van der Waals surface area (Å²) in [5.74, 6) is 1.73. The second-order valence-electron chi connectivity index (χ2n) is 5.71. The summed E-state index contributed by atoms with van der Waals surface area (Å²) in [4.78, 5) is 11.0. The van der Waals surface area contributed by atoms with E-state index in [2.05, 4.69) is 4.74 Å². The number of methoxy groups -OCH3 is 1. The summed E-state index contributed by atoms with van der Waals surface area (Å²) >= 11 is 0. The van der Waals surface area contributed by atoms with Gasteiger partial charge in [-0.15, -0.1) is 0 Å². The lowest BCUT2D eigenvalue weighted by atomic mass is 9.86. The fourth-order valence-corrected chi connectivity index (χ4v) is 1.67. The van der Waals surface area contributed by atoms with Crippen LogP contribution in [0.5, 0.6) is 0 Å². The molecule has 0 aliphatic carbocycles. The minimum atomic E-state index is -0.340. The van der Waals surface area contributed by atoms with Crippen LogP contribution in [-0.4, -0.2) is 31.4 Å². The minimum absolute atomic E-state index is 0.198. The Labute approximate surface area is 110 Å². The zero-order valence-electron chi connectivity index (χ0n) is 12.2. The van der Waals surface area contributed by atoms with E-state index in [9.17, 15) is 4.79 Å². The number of allylic oxidation sites excluding steroid dienone is 1. The summed E-state index contributed by atoms with van der Waals surface area (Å²) in [7, 11) is 1.06. The molecular weight excluding hydrogens is 231 g/mol. The van der Waals surface area contributed by atoms with E-state index in [1.54, 1.807) is 0 Å². The molecule has 1 heterocycles. The maximum absolute atomic E-state index is 11.0. The van der Waals surface area contributed by atoms with Gasteiger partial charge in [0.1, 0.15) is 0 Å². The van der Waals surface area contributed by atoms with Crippen molar-refractivity contribution in [1.29, 1.82) is 0 Å². The fraction of sp³-hybridized carbons (Fsp3) is 0.769. The highest BCUT2D eigenvalue weighted by Gasteiger charge is 2.50. The third-order valence-electron chi connectivity index (χ3n) is 3.64. The number of carbonyl (C=O) groups excluding carboxylic acids is 1. The van der Waals surface area contributed by atoms with Crippen LogP contribution in [0.25, 0.3) is 0 Å². The van der Waals surface area contributed by atoms with Gasteiger partial charge in [-0.1, -0.05) is 11.5 Å². The van der Waals surface area contributed by atoms with E-state index in [0.717, 1.165) is 5.57 Å². The lowest BCUT2D eigenvalue weighted by molar-refractivity contribution is -0.140. The van der Waals surface area contributed by atoms with Crippen molar-refractivity contribution in [2.24, 2.45) is 0 Å². The number of hydrogen-bond acceptors (Lipinski definition) is 4. The molecular formula is C13H23BO4. The van der Waals surface area contributed by atoms with E-state index in [1.165, 1.54) is 7.11 Å². The molecule has 0 aromatic rings. The van der Waals surface area contributed by atoms with Crippen LogP contribution < -0.4 is 0 Å². The predicted molar refractivity (Wildman–Crippen MR) is 71.1 cm³/mol. The van der Waals surface area contributed by atoms with Gasteiger partial charge < -0.3 is 14.0 Å². The van der Waals surface area contributed by atoms with Crippen molar-refractivity contribution in [3.05, 3.63) is 11.5 Å². The van der Waals surface area contributed by atoms with Crippen molar-refractivity contribution in [2.75, 3.05) is 7.11 Å². The monoisotopic (exact) mass is 254 g/mol. The molecule has 0 bridgehead atoms. The standard InChI is InChI=1S/C13H23BO4/c1-10(7-8-11(15)16-6)9-14-17-12(2,3)13(4,5)18-14/h9H,7-8H2,1-6H3/b10-9+. The van der Waals surface area contributed by atoms with Gasteiger partial charge in [0.15, 0.2) is 0 Å². The van der Waals surface area contributed by atoms with Crippen molar-refractivity contribution in [1.82, 2.24) is 0 Å². The Morgan fingerprint density at radius 1 is 1.17 bits per heavy atom. The molecule has 5 heteroatoms. The Kier molecular flexibility index (Phi) is 4.62. The van der Waals surface area contributed by atoms with Crippen molar-refractivity contribution in [3.8, 4) is 0 Å². The molecule has 1 fully saturated rings. The van der Waals surface area contributed by atoms with Crippen LogP contribution in [0.1, 0.15) is 47.5 Å². The molecule has 1 aliphatic heterocycles. The lowest BCUT2D eigenvalue weighted by Gasteiger charge is -2.32. The second kappa shape index (κ2) is 5.45. The molecule has 102 valence electrons. The van der Waals surface area contributed by atoms with Crippen LogP contribution in [0, 0.1) is 0 Å². The minimum Gasteiger partial charge on any atom is -0.469 e. The Balaban J connectivity index is 2.56. The molecule has 0 atom stereocenters. The third kappa shape index (κ3) is 3.59. The van der Waals surface area contributed by atoms with E-state index in [-0.39, 0.29) is 24.3 Å². The van der Waals surface area contributed by atoms with Crippen molar-refractivity contribution in [2.45, 2.75) is 58.7 Å². The summed E-state index contributed by atoms with van der Waals surface area (Å²) in [6, 6.07) is 0. The summed E-state index contributed by atoms with van der Waals surface area (Å²) in [6.45, 7) is 10.0. The largest absolute Gasteiger partial charge is 0.487 e. The van der Waals surface area contributed by atoms with E-state index in [1.807, 2.05) is 40.6 Å². The van der Waals surface area contributed by atoms with Gasteiger partial charge in [0.2, 0.25) is 0 Å². The quantitative estimate of drug-likeness (QED) is 0.571. The Bertz CT molecular complexity index is 331. The first-order valence-electron chi connectivity index (χ1n) is 6.28. The average Bonchev–Trinajstić information content (AvgIpc) is 2.43. The van der Waals surface area contributed by atoms with Crippen LogP contribution in [0.2, 0.25) is 0 Å². The molecule has 0 spiro atoms. The van der Waals surface area contributed by atoms with Gasteiger partial charge in [-0.3, -0.25) is 4.79 Å². The van der Waals surface area contributed by atoms with E-state index >= 15 is 0 Å². The number of rotatable bonds is 4. The highest BCUT2D eigenvalue weighted by atomic mass is 16.7. The Hall–Kier alpha value is -0.805. The van der Waals surface area contributed by atoms with Gasteiger partial charge in [-0.25, -0.2) is 0 Å². The van der Waals surface area contributed by atoms with Crippen LogP contribution in [0.4, 0.5) is 0 Å². The zero-order valence-corrected chi connectivity index (χ0v) is 12.2. The molecule has 0 N–H and O–H groups in total. The van der Waals surface area contributed by atoms with E-state index < -0.39 is 0 Å². The van der Waals surface area contributed by atoms with Crippen LogP contribution in [-0.2, 0) is 18.8 Å².